The van der Waals surface area contributed by atoms with Gasteiger partial charge < -0.3 is 19.8 Å². The fourth-order valence-electron chi connectivity index (χ4n) is 5.11. The second kappa shape index (κ2) is 7.82. The molecule has 1 fully saturated rings. The monoisotopic (exact) mass is 391 g/mol. The van der Waals surface area contributed by atoms with Gasteiger partial charge >= 0.3 is 0 Å². The summed E-state index contributed by atoms with van der Waals surface area (Å²) in [6.07, 6.45) is 2.20. The van der Waals surface area contributed by atoms with Crippen LogP contribution in [0.15, 0.2) is 48.5 Å². The lowest BCUT2D eigenvalue weighted by atomic mass is 9.84. The Morgan fingerprint density at radius 2 is 2.03 bits per heavy atom. The molecule has 0 bridgehead atoms. The molecule has 0 saturated carbocycles. The molecule has 1 saturated heterocycles. The molecule has 3 heterocycles. The zero-order valence-corrected chi connectivity index (χ0v) is 17.0. The molecule has 1 aromatic heterocycles. The summed E-state index contributed by atoms with van der Waals surface area (Å²) in [6, 6.07) is 16.8. The lowest BCUT2D eigenvalue weighted by Crippen LogP contribution is -2.53. The van der Waals surface area contributed by atoms with Crippen LogP contribution in [-0.2, 0) is 23.3 Å². The summed E-state index contributed by atoms with van der Waals surface area (Å²) in [7, 11) is 1.76. The number of benzene rings is 2. The van der Waals surface area contributed by atoms with Gasteiger partial charge in [-0.05, 0) is 54.8 Å². The molecular weight excluding hydrogens is 362 g/mol. The fraction of sp³-hybridized carbons (Fsp3) is 0.417. The van der Waals surface area contributed by atoms with E-state index in [-0.39, 0.29) is 5.54 Å². The first kappa shape index (κ1) is 18.7. The third kappa shape index (κ3) is 3.33. The summed E-state index contributed by atoms with van der Waals surface area (Å²) in [4.78, 5) is 6.42. The number of fused-ring (bicyclic) bond motifs is 4. The Kier molecular flexibility index (Phi) is 5.04. The largest absolute Gasteiger partial charge is 0.492 e. The van der Waals surface area contributed by atoms with Gasteiger partial charge in [0.15, 0.2) is 0 Å². The summed E-state index contributed by atoms with van der Waals surface area (Å²) in [5, 5.41) is 4.98. The predicted molar refractivity (Wildman–Crippen MR) is 115 cm³/mol. The molecular formula is C24H29N3O2. The van der Waals surface area contributed by atoms with Gasteiger partial charge in [0, 0.05) is 43.3 Å². The molecule has 1 atom stereocenters. The van der Waals surface area contributed by atoms with E-state index >= 15 is 0 Å². The Bertz CT molecular complexity index is 976. The normalized spacial score (nSPS) is 21.7. The molecule has 5 heteroatoms. The Balaban J connectivity index is 1.42. The molecule has 2 aliphatic heterocycles. The second-order valence-electron chi connectivity index (χ2n) is 8.15. The highest BCUT2D eigenvalue weighted by Gasteiger charge is 2.46. The predicted octanol–water partition coefficient (Wildman–Crippen LogP) is 3.44. The van der Waals surface area contributed by atoms with Crippen LogP contribution in [0.25, 0.3) is 10.9 Å². The van der Waals surface area contributed by atoms with Crippen molar-refractivity contribution in [3.8, 4) is 5.75 Å². The lowest BCUT2D eigenvalue weighted by molar-refractivity contribution is 0.0706. The molecule has 2 aromatic carbocycles. The summed E-state index contributed by atoms with van der Waals surface area (Å²) < 4.78 is 11.4. The number of H-pyrrole nitrogens is 1. The van der Waals surface area contributed by atoms with Crippen LogP contribution in [0.3, 0.4) is 0 Å². The summed E-state index contributed by atoms with van der Waals surface area (Å²) in [5.74, 6) is 0.945. The molecule has 1 spiro atoms. The molecule has 0 radical (unpaired) electrons. The van der Waals surface area contributed by atoms with Gasteiger partial charge in [0.25, 0.3) is 0 Å². The molecule has 2 N–H and O–H groups in total. The molecule has 1 unspecified atom stereocenters. The van der Waals surface area contributed by atoms with E-state index in [1.54, 1.807) is 7.11 Å². The van der Waals surface area contributed by atoms with Crippen molar-refractivity contribution in [3.63, 3.8) is 0 Å². The number of rotatable bonds is 6. The maximum atomic E-state index is 6.01. The number of ether oxygens (including phenoxy) is 2. The quantitative estimate of drug-likeness (QED) is 0.676. The van der Waals surface area contributed by atoms with E-state index in [9.17, 15) is 0 Å². The van der Waals surface area contributed by atoms with E-state index < -0.39 is 0 Å². The van der Waals surface area contributed by atoms with Crippen molar-refractivity contribution in [2.24, 2.45) is 0 Å². The zero-order valence-electron chi connectivity index (χ0n) is 17.0. The summed E-state index contributed by atoms with van der Waals surface area (Å²) in [5.41, 5.74) is 5.40. The molecule has 29 heavy (non-hydrogen) atoms. The van der Waals surface area contributed by atoms with Crippen molar-refractivity contribution in [2.75, 3.05) is 39.9 Å². The van der Waals surface area contributed by atoms with E-state index in [1.165, 1.54) is 27.7 Å². The van der Waals surface area contributed by atoms with Gasteiger partial charge in [-0.1, -0.05) is 24.3 Å². The molecule has 0 aliphatic carbocycles. The van der Waals surface area contributed by atoms with Gasteiger partial charge in [0.2, 0.25) is 0 Å². The van der Waals surface area contributed by atoms with Gasteiger partial charge in [-0.25, -0.2) is 0 Å². The molecule has 3 aromatic rings. The van der Waals surface area contributed by atoms with Gasteiger partial charge in [0.05, 0.1) is 12.1 Å². The number of methoxy groups -OCH3 is 1. The summed E-state index contributed by atoms with van der Waals surface area (Å²) >= 11 is 0. The standard InChI is InChI=1S/C24H29N3O2/c1-28-16-18-7-8-22-21(15-18)20-9-12-27(13-14-29-19-5-3-2-4-6-19)24(23(20)26-22)10-11-25-17-24/h2-8,15,25-26H,9-14,16-17H2,1H3. The first-order chi connectivity index (χ1) is 14.3. The highest BCUT2D eigenvalue weighted by atomic mass is 16.5. The Morgan fingerprint density at radius 1 is 1.14 bits per heavy atom. The van der Waals surface area contributed by atoms with Crippen molar-refractivity contribution < 1.29 is 9.47 Å². The van der Waals surface area contributed by atoms with Crippen molar-refractivity contribution in [2.45, 2.75) is 25.0 Å². The molecule has 2 aliphatic rings. The van der Waals surface area contributed by atoms with Crippen LogP contribution in [0.5, 0.6) is 5.75 Å². The number of hydrogen-bond donors (Lipinski definition) is 2. The number of nitrogens with zero attached hydrogens (tertiary/aromatic N) is 1. The highest BCUT2D eigenvalue weighted by molar-refractivity contribution is 5.86. The number of hydrogen-bond acceptors (Lipinski definition) is 4. The number of para-hydroxylation sites is 1. The third-order valence-electron chi connectivity index (χ3n) is 6.49. The minimum atomic E-state index is 0.0358. The number of aromatic amines is 1. The van der Waals surface area contributed by atoms with Crippen LogP contribution in [0.4, 0.5) is 0 Å². The van der Waals surface area contributed by atoms with E-state index in [0.29, 0.717) is 13.2 Å². The summed E-state index contributed by atoms with van der Waals surface area (Å²) in [6.45, 7) is 5.41. The molecule has 5 nitrogen and oxygen atoms in total. The first-order valence-corrected chi connectivity index (χ1v) is 10.6. The van der Waals surface area contributed by atoms with Crippen molar-refractivity contribution in [3.05, 3.63) is 65.4 Å². The van der Waals surface area contributed by atoms with Crippen LogP contribution >= 0.6 is 0 Å². The zero-order chi connectivity index (χ0) is 19.7. The van der Waals surface area contributed by atoms with Gasteiger partial charge in [-0.15, -0.1) is 0 Å². The number of aromatic nitrogens is 1. The van der Waals surface area contributed by atoms with Crippen molar-refractivity contribution in [1.82, 2.24) is 15.2 Å². The SMILES string of the molecule is COCc1ccc2[nH]c3c(c2c1)CCN(CCOc1ccccc1)C31CCNC1. The highest BCUT2D eigenvalue weighted by Crippen LogP contribution is 2.42. The van der Waals surface area contributed by atoms with Crippen LogP contribution in [0.2, 0.25) is 0 Å². The van der Waals surface area contributed by atoms with E-state index in [4.69, 9.17) is 9.47 Å². The van der Waals surface area contributed by atoms with Crippen LogP contribution in [0.1, 0.15) is 23.2 Å². The average molecular weight is 392 g/mol. The van der Waals surface area contributed by atoms with E-state index in [1.807, 2.05) is 30.3 Å². The van der Waals surface area contributed by atoms with Gasteiger partial charge in [0.1, 0.15) is 12.4 Å². The maximum absolute atomic E-state index is 6.01. The van der Waals surface area contributed by atoms with Crippen LogP contribution in [-0.4, -0.2) is 49.8 Å². The molecule has 152 valence electrons. The van der Waals surface area contributed by atoms with Crippen LogP contribution in [0, 0.1) is 0 Å². The minimum absolute atomic E-state index is 0.0358. The van der Waals surface area contributed by atoms with Crippen molar-refractivity contribution >= 4 is 10.9 Å². The Hall–Kier alpha value is -2.34. The lowest BCUT2D eigenvalue weighted by Gasteiger charge is -2.44. The maximum Gasteiger partial charge on any atom is 0.119 e. The third-order valence-corrected chi connectivity index (χ3v) is 6.49. The molecule has 0 amide bonds. The van der Waals surface area contributed by atoms with E-state index in [2.05, 4.69) is 33.4 Å². The fourth-order valence-corrected chi connectivity index (χ4v) is 5.11. The average Bonchev–Trinajstić information content (AvgIpc) is 3.37. The van der Waals surface area contributed by atoms with Crippen LogP contribution < -0.4 is 10.1 Å². The Labute approximate surface area is 172 Å². The molecule has 5 rings (SSSR count). The second-order valence-corrected chi connectivity index (χ2v) is 8.15. The van der Waals surface area contributed by atoms with Crippen molar-refractivity contribution in [1.29, 1.82) is 0 Å². The Morgan fingerprint density at radius 3 is 2.83 bits per heavy atom. The number of nitrogens with one attached hydrogen (secondary N) is 2. The van der Waals surface area contributed by atoms with Gasteiger partial charge in [-0.3, -0.25) is 4.90 Å². The van der Waals surface area contributed by atoms with Gasteiger partial charge in [-0.2, -0.15) is 0 Å². The first-order valence-electron chi connectivity index (χ1n) is 10.6. The van der Waals surface area contributed by atoms with E-state index in [0.717, 1.165) is 44.8 Å². The minimum Gasteiger partial charge on any atom is -0.492 e. The smallest absolute Gasteiger partial charge is 0.119 e. The topological polar surface area (TPSA) is 49.5 Å².